The first-order valence-electron chi connectivity index (χ1n) is 26.3. The van der Waals surface area contributed by atoms with Crippen molar-refractivity contribution in [2.75, 3.05) is 9.80 Å². The molecule has 1 spiro atoms. The van der Waals surface area contributed by atoms with E-state index < -0.39 is 10.8 Å². The molecule has 0 aromatic heterocycles. The van der Waals surface area contributed by atoms with Crippen LogP contribution in [0.4, 0.5) is 34.1 Å². The fourth-order valence-electron chi connectivity index (χ4n) is 14.3. The van der Waals surface area contributed by atoms with Gasteiger partial charge >= 0.3 is 0 Å². The summed E-state index contributed by atoms with van der Waals surface area (Å²) in [5.74, 6) is 1.71. The monoisotopic (exact) mass is 958 g/mol. The zero-order valence-corrected chi connectivity index (χ0v) is 42.0. The average molecular weight is 959 g/mol. The molecule has 3 aliphatic carbocycles. The van der Waals surface area contributed by atoms with E-state index in [0.717, 1.165) is 56.8 Å². The number of para-hydroxylation sites is 3. The Kier molecular flexibility index (Phi) is 8.58. The predicted octanol–water partition coefficient (Wildman–Crippen LogP) is 18.7. The lowest BCUT2D eigenvalue weighted by Gasteiger charge is -2.41. The summed E-state index contributed by atoms with van der Waals surface area (Å²) in [5, 5.41) is 0. The maximum atomic E-state index is 7.48. The highest BCUT2D eigenvalue weighted by Gasteiger charge is 2.54. The number of anilines is 6. The number of fused-ring (bicyclic) bond motifs is 15. The number of ether oxygens (including phenoxy) is 1. The largest absolute Gasteiger partial charge is 0.454 e. The molecule has 0 amide bonds. The maximum Gasteiger partial charge on any atom is 0.156 e. The highest BCUT2D eigenvalue weighted by molar-refractivity contribution is 6.01. The number of hydrogen-bond donors (Lipinski definition) is 0. The van der Waals surface area contributed by atoms with Gasteiger partial charge in [0, 0.05) is 50.3 Å². The molecule has 2 heterocycles. The third-order valence-electron chi connectivity index (χ3n) is 17.7. The van der Waals surface area contributed by atoms with Crippen molar-refractivity contribution in [2.24, 2.45) is 0 Å². The predicted molar refractivity (Wildman–Crippen MR) is 307 cm³/mol. The van der Waals surface area contributed by atoms with Crippen LogP contribution in [0.15, 0.2) is 249 Å². The van der Waals surface area contributed by atoms with Crippen LogP contribution in [-0.4, -0.2) is 0 Å². The Morgan fingerprint density at radius 1 is 0.373 bits per heavy atom. The summed E-state index contributed by atoms with van der Waals surface area (Å²) in [4.78, 5) is 4.94. The van der Waals surface area contributed by atoms with Crippen LogP contribution in [0.3, 0.4) is 0 Å². The van der Waals surface area contributed by atoms with Crippen molar-refractivity contribution in [1.29, 1.82) is 0 Å². The van der Waals surface area contributed by atoms with Gasteiger partial charge in [-0.1, -0.05) is 190 Å². The van der Waals surface area contributed by atoms with Crippen LogP contribution in [0, 0.1) is 0 Å². The molecule has 1 unspecified atom stereocenters. The van der Waals surface area contributed by atoms with E-state index in [1.165, 1.54) is 83.5 Å². The third kappa shape index (κ3) is 5.54. The lowest BCUT2D eigenvalue weighted by molar-refractivity contribution is 0.437. The number of hydrogen-bond acceptors (Lipinski definition) is 3. The van der Waals surface area contributed by atoms with Crippen LogP contribution in [0.5, 0.6) is 11.5 Å². The molecule has 354 valence electrons. The zero-order chi connectivity index (χ0) is 49.8. The second-order valence-corrected chi connectivity index (χ2v) is 21.7. The Hall–Kier alpha value is -9.18. The zero-order valence-electron chi connectivity index (χ0n) is 42.0. The quantitative estimate of drug-likeness (QED) is 0.171. The second-order valence-electron chi connectivity index (χ2n) is 21.7. The van der Waals surface area contributed by atoms with E-state index in [9.17, 15) is 0 Å². The summed E-state index contributed by atoms with van der Waals surface area (Å²) in [5.41, 5.74) is 26.6. The molecular formula is C72H50N2O. The van der Waals surface area contributed by atoms with E-state index in [1.54, 1.807) is 0 Å². The minimum atomic E-state index is -0.752. The highest BCUT2D eigenvalue weighted by atomic mass is 16.5. The number of nitrogens with zero attached hydrogens (tertiary/aromatic N) is 2. The highest BCUT2D eigenvalue weighted by Crippen LogP contribution is 2.67. The fourth-order valence-corrected chi connectivity index (χ4v) is 14.3. The summed E-state index contributed by atoms with van der Waals surface area (Å²) in [6.45, 7) is 7.17. The standard InChI is InChI=1S/C72H50N2O/c1-70(2)57-24-12-10-22-52(57)54-39-37-50(43-63(54)70)74(48-20-8-5-9-21-48)66-30-17-28-62-69(66)75-67-31-15-14-26-60(67)72(62)59-41-34-47-42-56(59)68-61(72)27-16-29-65(68)73(49-35-32-46(33-36-49)45-18-6-4-7-19-45)51-38-40-55-53-23-11-13-25-58(53)71(47,3)64(55)44-51/h4-44H,1-3H3/t71?,72-/m0/s1. The van der Waals surface area contributed by atoms with Crippen molar-refractivity contribution >= 4 is 34.1 Å². The van der Waals surface area contributed by atoms with Crippen LogP contribution in [0.25, 0.3) is 44.5 Å². The van der Waals surface area contributed by atoms with Crippen molar-refractivity contribution in [3.63, 3.8) is 0 Å². The number of benzene rings is 11. The summed E-state index contributed by atoms with van der Waals surface area (Å²) in [6, 6.07) is 93.0. The molecule has 2 aliphatic heterocycles. The van der Waals surface area contributed by atoms with Gasteiger partial charge in [-0.25, -0.2) is 0 Å². The van der Waals surface area contributed by atoms with Gasteiger partial charge in [-0.15, -0.1) is 0 Å². The van der Waals surface area contributed by atoms with Gasteiger partial charge in [0.25, 0.3) is 0 Å². The van der Waals surface area contributed by atoms with Gasteiger partial charge in [0.15, 0.2) is 5.75 Å². The van der Waals surface area contributed by atoms with Gasteiger partial charge in [0.05, 0.1) is 16.8 Å². The van der Waals surface area contributed by atoms with Crippen LogP contribution in [-0.2, 0) is 16.2 Å². The van der Waals surface area contributed by atoms with Gasteiger partial charge in [-0.05, 0) is 158 Å². The molecule has 0 fully saturated rings. The average Bonchev–Trinajstić information content (AvgIpc) is 4.05. The van der Waals surface area contributed by atoms with Crippen LogP contribution in [0.2, 0.25) is 0 Å². The molecule has 16 rings (SSSR count). The van der Waals surface area contributed by atoms with Gasteiger partial charge in [-0.2, -0.15) is 0 Å². The molecule has 2 atom stereocenters. The van der Waals surface area contributed by atoms with Crippen LogP contribution in [0.1, 0.15) is 70.8 Å². The molecular weight excluding hydrogens is 909 g/mol. The topological polar surface area (TPSA) is 15.7 Å². The fraction of sp³-hybridized carbons (Fsp3) is 0.0833. The summed E-state index contributed by atoms with van der Waals surface area (Å²) < 4.78 is 7.48. The molecule has 0 N–H and O–H groups in total. The smallest absolute Gasteiger partial charge is 0.156 e. The Morgan fingerprint density at radius 2 is 0.987 bits per heavy atom. The van der Waals surface area contributed by atoms with Crippen molar-refractivity contribution < 1.29 is 4.74 Å². The van der Waals surface area contributed by atoms with Gasteiger partial charge in [0.1, 0.15) is 5.75 Å². The molecule has 11 aromatic carbocycles. The first-order chi connectivity index (χ1) is 36.8. The minimum absolute atomic E-state index is 0.173. The van der Waals surface area contributed by atoms with E-state index in [2.05, 4.69) is 279 Å². The second kappa shape index (κ2) is 15.2. The Labute approximate surface area is 438 Å². The van der Waals surface area contributed by atoms with Crippen LogP contribution >= 0.6 is 0 Å². The summed E-state index contributed by atoms with van der Waals surface area (Å²) >= 11 is 0. The lowest BCUT2D eigenvalue weighted by atomic mass is 9.65. The number of rotatable bonds is 5. The summed E-state index contributed by atoms with van der Waals surface area (Å²) in [7, 11) is 0. The molecule has 0 saturated carbocycles. The lowest BCUT2D eigenvalue weighted by Crippen LogP contribution is -2.33. The van der Waals surface area contributed by atoms with E-state index >= 15 is 0 Å². The normalized spacial score (nSPS) is 17.8. The minimum Gasteiger partial charge on any atom is -0.454 e. The van der Waals surface area contributed by atoms with Crippen molar-refractivity contribution in [1.82, 2.24) is 0 Å². The maximum absolute atomic E-state index is 7.48. The molecule has 3 heteroatoms. The molecule has 5 aliphatic rings. The van der Waals surface area contributed by atoms with E-state index in [1.807, 2.05) is 0 Å². The van der Waals surface area contributed by atoms with Crippen LogP contribution < -0.4 is 14.5 Å². The molecule has 3 nitrogen and oxygen atoms in total. The SMILES string of the molecule is CC1(C)c2ccccc2-c2ccc(N(c3ccccc3)c3cccc4c3Oc3ccccc3[C@]43c4ccc5cc4-c4c(cccc43)N(c3ccc(-c4ccccc4)cc3)c3ccc4c(c3)C5(C)c3ccccc3-4)cc21. The molecule has 0 saturated heterocycles. The Morgan fingerprint density at radius 3 is 1.80 bits per heavy atom. The van der Waals surface area contributed by atoms with E-state index in [-0.39, 0.29) is 5.41 Å². The Bertz CT molecular complexity index is 4210. The third-order valence-corrected chi connectivity index (χ3v) is 17.7. The molecule has 0 radical (unpaired) electrons. The molecule has 75 heavy (non-hydrogen) atoms. The van der Waals surface area contributed by atoms with Crippen molar-refractivity contribution in [3.8, 4) is 56.0 Å². The van der Waals surface area contributed by atoms with Gasteiger partial charge in [0.2, 0.25) is 0 Å². The Balaban J connectivity index is 0.976. The van der Waals surface area contributed by atoms with Crippen molar-refractivity contribution in [3.05, 3.63) is 299 Å². The van der Waals surface area contributed by atoms with Crippen molar-refractivity contribution in [2.45, 2.75) is 37.0 Å². The molecule has 11 aromatic rings. The van der Waals surface area contributed by atoms with Gasteiger partial charge < -0.3 is 14.5 Å². The van der Waals surface area contributed by atoms with E-state index in [4.69, 9.17) is 4.74 Å². The summed E-state index contributed by atoms with van der Waals surface area (Å²) in [6.07, 6.45) is 0. The van der Waals surface area contributed by atoms with Gasteiger partial charge in [-0.3, -0.25) is 0 Å². The first kappa shape index (κ1) is 42.3. The molecule has 4 bridgehead atoms. The first-order valence-corrected chi connectivity index (χ1v) is 26.3. The van der Waals surface area contributed by atoms with E-state index in [0.29, 0.717) is 0 Å².